The van der Waals surface area contributed by atoms with Gasteiger partial charge in [-0.25, -0.2) is 0 Å². The van der Waals surface area contributed by atoms with Crippen molar-refractivity contribution in [3.05, 3.63) is 71.3 Å². The van der Waals surface area contributed by atoms with Crippen molar-refractivity contribution in [1.29, 1.82) is 0 Å². The summed E-state index contributed by atoms with van der Waals surface area (Å²) in [6.07, 6.45) is 0.848. The van der Waals surface area contributed by atoms with Gasteiger partial charge in [0, 0.05) is 5.56 Å². The first kappa shape index (κ1) is 13.1. The highest BCUT2D eigenvalue weighted by Crippen LogP contribution is 2.15. The van der Waals surface area contributed by atoms with E-state index >= 15 is 0 Å². The van der Waals surface area contributed by atoms with Gasteiger partial charge in [0.1, 0.15) is 0 Å². The Balaban J connectivity index is 2.11. The first-order chi connectivity index (χ1) is 8.66. The maximum absolute atomic E-state index is 11.6. The van der Waals surface area contributed by atoms with Crippen LogP contribution in [-0.4, -0.2) is 10.6 Å². The molecule has 0 aliphatic heterocycles. The lowest BCUT2D eigenvalue weighted by Gasteiger charge is -2.04. The first-order valence-electron chi connectivity index (χ1n) is 5.62. The summed E-state index contributed by atoms with van der Waals surface area (Å²) >= 11 is 11.1. The van der Waals surface area contributed by atoms with Crippen molar-refractivity contribution >= 4 is 29.0 Å². The first-order valence-corrected chi connectivity index (χ1v) is 6.49. The second-order valence-electron chi connectivity index (χ2n) is 4.02. The normalized spacial score (nSPS) is 10.6. The van der Waals surface area contributed by atoms with Gasteiger partial charge in [-0.1, -0.05) is 77.8 Å². The van der Waals surface area contributed by atoms with E-state index in [1.807, 2.05) is 30.3 Å². The molecule has 0 unspecified atom stereocenters. The van der Waals surface area contributed by atoms with Crippen LogP contribution in [0.3, 0.4) is 0 Å². The zero-order valence-corrected chi connectivity index (χ0v) is 11.2. The number of ketones is 1. The van der Waals surface area contributed by atoms with Crippen LogP contribution in [0.1, 0.15) is 21.5 Å². The van der Waals surface area contributed by atoms with Crippen LogP contribution in [0.25, 0.3) is 0 Å². The number of carbonyl (C=O) groups excluding carboxylic acids is 1. The van der Waals surface area contributed by atoms with Gasteiger partial charge in [-0.15, -0.1) is 0 Å². The number of alkyl halides is 2. The van der Waals surface area contributed by atoms with Gasteiger partial charge in [-0.05, 0) is 17.5 Å². The Kier molecular flexibility index (Phi) is 4.40. The van der Waals surface area contributed by atoms with Crippen LogP contribution in [0.4, 0.5) is 0 Å². The van der Waals surface area contributed by atoms with E-state index in [0.717, 1.165) is 12.0 Å². The monoisotopic (exact) mass is 278 g/mol. The summed E-state index contributed by atoms with van der Waals surface area (Å²) in [7, 11) is 0. The SMILES string of the molecule is O=C(c1ccc(Cc2ccccc2)cc1)C(Cl)Cl. The van der Waals surface area contributed by atoms with Crippen LogP contribution in [0.15, 0.2) is 54.6 Å². The van der Waals surface area contributed by atoms with E-state index in [9.17, 15) is 4.79 Å². The highest BCUT2D eigenvalue weighted by atomic mass is 35.5. The van der Waals surface area contributed by atoms with Gasteiger partial charge in [0.2, 0.25) is 0 Å². The van der Waals surface area contributed by atoms with Crippen LogP contribution < -0.4 is 0 Å². The van der Waals surface area contributed by atoms with Gasteiger partial charge in [-0.2, -0.15) is 0 Å². The summed E-state index contributed by atoms with van der Waals surface area (Å²) in [6.45, 7) is 0. The Morgan fingerprint density at radius 3 is 2.00 bits per heavy atom. The fraction of sp³-hybridized carbons (Fsp3) is 0.133. The standard InChI is InChI=1S/C15H12Cl2O/c16-15(17)14(18)13-8-6-12(7-9-13)10-11-4-2-1-3-5-11/h1-9,15H,10H2. The zero-order chi connectivity index (χ0) is 13.0. The molecule has 0 amide bonds. The lowest BCUT2D eigenvalue weighted by Crippen LogP contribution is -2.07. The molecule has 0 aliphatic rings. The number of benzene rings is 2. The summed E-state index contributed by atoms with van der Waals surface area (Å²) in [5.74, 6) is -0.260. The molecule has 2 rings (SSSR count). The predicted molar refractivity (Wildman–Crippen MR) is 75.5 cm³/mol. The molecular formula is C15H12Cl2O. The molecule has 0 saturated carbocycles. The number of hydrogen-bond acceptors (Lipinski definition) is 1. The van der Waals surface area contributed by atoms with Crippen molar-refractivity contribution in [2.75, 3.05) is 0 Å². The molecule has 0 bridgehead atoms. The van der Waals surface area contributed by atoms with Crippen molar-refractivity contribution in [1.82, 2.24) is 0 Å². The highest BCUT2D eigenvalue weighted by Gasteiger charge is 2.13. The molecule has 0 N–H and O–H groups in total. The fourth-order valence-corrected chi connectivity index (χ4v) is 2.00. The summed E-state index contributed by atoms with van der Waals surface area (Å²) in [5, 5.41) is 0. The van der Waals surface area contributed by atoms with Crippen LogP contribution in [0.2, 0.25) is 0 Å². The number of Topliss-reactive ketones (excluding diaryl/α,β-unsaturated/α-hetero) is 1. The van der Waals surface area contributed by atoms with Gasteiger partial charge >= 0.3 is 0 Å². The van der Waals surface area contributed by atoms with Gasteiger partial charge in [0.25, 0.3) is 0 Å². The molecule has 0 aliphatic carbocycles. The van der Waals surface area contributed by atoms with E-state index < -0.39 is 4.84 Å². The quantitative estimate of drug-likeness (QED) is 0.603. The van der Waals surface area contributed by atoms with Crippen LogP contribution in [0.5, 0.6) is 0 Å². The summed E-state index contributed by atoms with van der Waals surface area (Å²) in [4.78, 5) is 10.6. The molecule has 0 atom stereocenters. The zero-order valence-electron chi connectivity index (χ0n) is 9.64. The van der Waals surface area contributed by atoms with E-state index in [-0.39, 0.29) is 5.78 Å². The van der Waals surface area contributed by atoms with Crippen molar-refractivity contribution in [3.63, 3.8) is 0 Å². The van der Waals surface area contributed by atoms with E-state index in [4.69, 9.17) is 23.2 Å². The Bertz CT molecular complexity index is 518. The molecule has 3 heteroatoms. The third kappa shape index (κ3) is 3.34. The summed E-state index contributed by atoms with van der Waals surface area (Å²) in [5.41, 5.74) is 2.93. The summed E-state index contributed by atoms with van der Waals surface area (Å²) < 4.78 is 0. The Hall–Kier alpha value is -1.31. The van der Waals surface area contributed by atoms with Gasteiger partial charge < -0.3 is 0 Å². The number of rotatable bonds is 4. The summed E-state index contributed by atoms with van der Waals surface area (Å²) in [6, 6.07) is 17.5. The molecule has 0 aromatic heterocycles. The largest absolute Gasteiger partial charge is 0.291 e. The average molecular weight is 279 g/mol. The van der Waals surface area contributed by atoms with E-state index in [2.05, 4.69) is 12.1 Å². The highest BCUT2D eigenvalue weighted by molar-refractivity contribution is 6.55. The predicted octanol–water partition coefficient (Wildman–Crippen LogP) is 4.26. The number of halogens is 2. The molecular weight excluding hydrogens is 267 g/mol. The minimum atomic E-state index is -0.995. The third-order valence-corrected chi connectivity index (χ3v) is 3.08. The molecule has 0 saturated heterocycles. The lowest BCUT2D eigenvalue weighted by molar-refractivity contribution is 0.101. The molecule has 0 fully saturated rings. The molecule has 0 spiro atoms. The van der Waals surface area contributed by atoms with Crippen LogP contribution >= 0.6 is 23.2 Å². The van der Waals surface area contributed by atoms with Gasteiger partial charge in [0.05, 0.1) is 0 Å². The second kappa shape index (κ2) is 6.03. The minimum Gasteiger partial charge on any atom is -0.291 e. The minimum absolute atomic E-state index is 0.260. The molecule has 2 aromatic rings. The van der Waals surface area contributed by atoms with E-state index in [1.54, 1.807) is 12.1 Å². The van der Waals surface area contributed by atoms with Crippen molar-refractivity contribution < 1.29 is 4.79 Å². The number of hydrogen-bond donors (Lipinski definition) is 0. The third-order valence-electron chi connectivity index (χ3n) is 2.69. The fourth-order valence-electron chi connectivity index (χ4n) is 1.74. The van der Waals surface area contributed by atoms with Crippen molar-refractivity contribution in [2.45, 2.75) is 11.3 Å². The van der Waals surface area contributed by atoms with Crippen LogP contribution in [-0.2, 0) is 6.42 Å². The second-order valence-corrected chi connectivity index (χ2v) is 5.12. The van der Waals surface area contributed by atoms with Crippen LogP contribution in [0, 0.1) is 0 Å². The topological polar surface area (TPSA) is 17.1 Å². The average Bonchev–Trinajstić information content (AvgIpc) is 2.40. The van der Waals surface area contributed by atoms with Gasteiger partial charge in [-0.3, -0.25) is 4.79 Å². The maximum Gasteiger partial charge on any atom is 0.195 e. The Labute approximate surface area is 116 Å². The smallest absolute Gasteiger partial charge is 0.195 e. The molecule has 0 radical (unpaired) electrons. The molecule has 2 aromatic carbocycles. The molecule has 18 heavy (non-hydrogen) atoms. The van der Waals surface area contributed by atoms with Crippen molar-refractivity contribution in [3.8, 4) is 0 Å². The molecule has 92 valence electrons. The Morgan fingerprint density at radius 2 is 1.44 bits per heavy atom. The lowest BCUT2D eigenvalue weighted by atomic mass is 10.0. The van der Waals surface area contributed by atoms with E-state index in [1.165, 1.54) is 5.56 Å². The Morgan fingerprint density at radius 1 is 0.889 bits per heavy atom. The molecule has 0 heterocycles. The van der Waals surface area contributed by atoms with E-state index in [0.29, 0.717) is 5.56 Å². The molecule has 1 nitrogen and oxygen atoms in total. The van der Waals surface area contributed by atoms with Gasteiger partial charge in [0.15, 0.2) is 10.6 Å². The maximum atomic E-state index is 11.6. The number of carbonyl (C=O) groups is 1. The van der Waals surface area contributed by atoms with Crippen molar-refractivity contribution in [2.24, 2.45) is 0 Å².